The van der Waals surface area contributed by atoms with Crippen LogP contribution >= 0.6 is 0 Å². The highest BCUT2D eigenvalue weighted by atomic mass is 16.4. The van der Waals surface area contributed by atoms with E-state index in [9.17, 15) is 9.59 Å². The third kappa shape index (κ3) is 3.51. The SMILES string of the molecule is CC1CC(C)CC(CC(=O)O)(CC(=O)O)C1. The molecule has 0 radical (unpaired) electrons. The van der Waals surface area contributed by atoms with E-state index in [-0.39, 0.29) is 12.8 Å². The Balaban J connectivity index is 2.83. The van der Waals surface area contributed by atoms with Crippen LogP contribution in [-0.4, -0.2) is 22.2 Å². The maximum Gasteiger partial charge on any atom is 0.303 e. The smallest absolute Gasteiger partial charge is 0.303 e. The third-order valence-corrected chi connectivity index (χ3v) is 3.42. The lowest BCUT2D eigenvalue weighted by atomic mass is 9.63. The largest absolute Gasteiger partial charge is 0.481 e. The minimum atomic E-state index is -0.887. The topological polar surface area (TPSA) is 74.6 Å². The first-order valence-electron chi connectivity index (χ1n) is 5.76. The van der Waals surface area contributed by atoms with E-state index in [1.807, 2.05) is 0 Å². The summed E-state index contributed by atoms with van der Waals surface area (Å²) in [7, 11) is 0. The van der Waals surface area contributed by atoms with Gasteiger partial charge in [0.05, 0.1) is 12.8 Å². The van der Waals surface area contributed by atoms with E-state index in [1.54, 1.807) is 0 Å². The summed E-state index contributed by atoms with van der Waals surface area (Å²) in [5.41, 5.74) is -0.533. The Morgan fingerprint density at radius 1 is 1.06 bits per heavy atom. The second-order valence-corrected chi connectivity index (χ2v) is 5.50. The number of hydrogen-bond acceptors (Lipinski definition) is 2. The van der Waals surface area contributed by atoms with Gasteiger partial charge in [-0.15, -0.1) is 0 Å². The molecule has 0 aromatic heterocycles. The van der Waals surface area contributed by atoms with Crippen LogP contribution in [0.4, 0.5) is 0 Å². The highest BCUT2D eigenvalue weighted by Gasteiger charge is 2.41. The van der Waals surface area contributed by atoms with E-state index in [0.29, 0.717) is 11.8 Å². The zero-order valence-corrected chi connectivity index (χ0v) is 9.90. The minimum absolute atomic E-state index is 0.0199. The van der Waals surface area contributed by atoms with Crippen LogP contribution in [0.2, 0.25) is 0 Å². The molecule has 0 aromatic carbocycles. The second-order valence-electron chi connectivity index (χ2n) is 5.50. The predicted octanol–water partition coefficient (Wildman–Crippen LogP) is 2.38. The molecule has 1 aliphatic carbocycles. The van der Waals surface area contributed by atoms with Crippen molar-refractivity contribution in [2.24, 2.45) is 17.3 Å². The van der Waals surface area contributed by atoms with Gasteiger partial charge < -0.3 is 10.2 Å². The molecule has 4 nitrogen and oxygen atoms in total. The van der Waals surface area contributed by atoms with Gasteiger partial charge in [-0.2, -0.15) is 0 Å². The zero-order valence-electron chi connectivity index (χ0n) is 9.90. The van der Waals surface area contributed by atoms with Crippen molar-refractivity contribution in [2.45, 2.75) is 46.0 Å². The van der Waals surface area contributed by atoms with Crippen molar-refractivity contribution >= 4 is 11.9 Å². The number of carbonyl (C=O) groups is 2. The fourth-order valence-corrected chi connectivity index (χ4v) is 3.41. The number of aliphatic carboxylic acids is 2. The van der Waals surface area contributed by atoms with Gasteiger partial charge >= 0.3 is 11.9 Å². The highest BCUT2D eigenvalue weighted by molar-refractivity contribution is 5.72. The maximum absolute atomic E-state index is 10.9. The van der Waals surface area contributed by atoms with Crippen LogP contribution in [-0.2, 0) is 9.59 Å². The van der Waals surface area contributed by atoms with Crippen LogP contribution in [0.3, 0.4) is 0 Å². The predicted molar refractivity (Wildman–Crippen MR) is 59.1 cm³/mol. The average molecular weight is 228 g/mol. The Bertz CT molecular complexity index is 257. The Hall–Kier alpha value is -1.06. The molecule has 1 fully saturated rings. The molecule has 0 spiro atoms. The Morgan fingerprint density at radius 3 is 1.75 bits per heavy atom. The van der Waals surface area contributed by atoms with E-state index in [2.05, 4.69) is 13.8 Å². The molecule has 4 heteroatoms. The lowest BCUT2D eigenvalue weighted by Crippen LogP contribution is -2.35. The molecule has 0 bridgehead atoms. The normalized spacial score (nSPS) is 28.6. The molecule has 92 valence electrons. The first-order chi connectivity index (χ1) is 7.33. The fourth-order valence-electron chi connectivity index (χ4n) is 3.41. The molecule has 1 rings (SSSR count). The van der Waals surface area contributed by atoms with Crippen molar-refractivity contribution in [3.63, 3.8) is 0 Å². The van der Waals surface area contributed by atoms with Gasteiger partial charge in [0.25, 0.3) is 0 Å². The molecule has 2 atom stereocenters. The number of rotatable bonds is 4. The van der Waals surface area contributed by atoms with Crippen molar-refractivity contribution < 1.29 is 19.8 Å². The van der Waals surface area contributed by atoms with E-state index < -0.39 is 17.4 Å². The van der Waals surface area contributed by atoms with Crippen molar-refractivity contribution in [3.05, 3.63) is 0 Å². The quantitative estimate of drug-likeness (QED) is 0.774. The molecule has 1 aliphatic rings. The maximum atomic E-state index is 10.9. The molecule has 0 aliphatic heterocycles. The summed E-state index contributed by atoms with van der Waals surface area (Å²) in [5.74, 6) is -0.935. The van der Waals surface area contributed by atoms with Gasteiger partial charge in [-0.3, -0.25) is 9.59 Å². The van der Waals surface area contributed by atoms with Gasteiger partial charge in [0.15, 0.2) is 0 Å². The summed E-state index contributed by atoms with van der Waals surface area (Å²) >= 11 is 0. The summed E-state index contributed by atoms with van der Waals surface area (Å²) in [4.78, 5) is 21.7. The molecule has 0 amide bonds. The molecule has 2 N–H and O–H groups in total. The fraction of sp³-hybridized carbons (Fsp3) is 0.833. The van der Waals surface area contributed by atoms with Crippen molar-refractivity contribution in [3.8, 4) is 0 Å². The van der Waals surface area contributed by atoms with Gasteiger partial charge in [-0.1, -0.05) is 13.8 Å². The Labute approximate surface area is 95.7 Å². The Kier molecular flexibility index (Phi) is 3.94. The van der Waals surface area contributed by atoms with Crippen molar-refractivity contribution in [1.82, 2.24) is 0 Å². The average Bonchev–Trinajstić information content (AvgIpc) is 1.95. The standard InChI is InChI=1S/C12H20O4/c1-8-3-9(2)5-12(4-8,6-10(13)14)7-11(15)16/h8-9H,3-7H2,1-2H3,(H,13,14)(H,15,16). The molecule has 0 heterocycles. The molecular formula is C12H20O4. The zero-order chi connectivity index (χ0) is 12.3. The van der Waals surface area contributed by atoms with E-state index >= 15 is 0 Å². The molecule has 0 aromatic rings. The summed E-state index contributed by atoms with van der Waals surface area (Å²) in [6.45, 7) is 4.15. The van der Waals surface area contributed by atoms with E-state index in [0.717, 1.165) is 19.3 Å². The van der Waals surface area contributed by atoms with Gasteiger partial charge in [-0.05, 0) is 36.5 Å². The molecule has 1 saturated carbocycles. The molecule has 16 heavy (non-hydrogen) atoms. The summed E-state index contributed by atoms with van der Waals surface area (Å²) in [5, 5.41) is 17.8. The summed E-state index contributed by atoms with van der Waals surface area (Å²) in [6.07, 6.45) is 2.47. The highest BCUT2D eigenvalue weighted by Crippen LogP contribution is 2.46. The molecular weight excluding hydrogens is 208 g/mol. The molecule has 0 saturated heterocycles. The van der Waals surface area contributed by atoms with Crippen LogP contribution in [0.5, 0.6) is 0 Å². The number of carboxylic acids is 2. The van der Waals surface area contributed by atoms with Crippen LogP contribution in [0, 0.1) is 17.3 Å². The minimum Gasteiger partial charge on any atom is -0.481 e. The number of carboxylic acid groups (broad SMARTS) is 2. The first-order valence-corrected chi connectivity index (χ1v) is 5.76. The number of hydrogen-bond donors (Lipinski definition) is 2. The lowest BCUT2D eigenvalue weighted by molar-refractivity contribution is -0.145. The lowest BCUT2D eigenvalue weighted by Gasteiger charge is -2.41. The van der Waals surface area contributed by atoms with Gasteiger partial charge in [0, 0.05) is 0 Å². The van der Waals surface area contributed by atoms with Gasteiger partial charge in [0.2, 0.25) is 0 Å². The van der Waals surface area contributed by atoms with Crippen molar-refractivity contribution in [1.29, 1.82) is 0 Å². The first kappa shape index (κ1) is 13.0. The van der Waals surface area contributed by atoms with Crippen LogP contribution in [0.25, 0.3) is 0 Å². The molecule has 2 unspecified atom stereocenters. The summed E-state index contributed by atoms with van der Waals surface area (Å²) < 4.78 is 0. The third-order valence-electron chi connectivity index (χ3n) is 3.42. The monoisotopic (exact) mass is 228 g/mol. The van der Waals surface area contributed by atoms with Gasteiger partial charge in [0.1, 0.15) is 0 Å². The van der Waals surface area contributed by atoms with E-state index in [1.165, 1.54) is 0 Å². The second kappa shape index (κ2) is 4.85. The van der Waals surface area contributed by atoms with Crippen molar-refractivity contribution in [2.75, 3.05) is 0 Å². The van der Waals surface area contributed by atoms with Crippen LogP contribution in [0.1, 0.15) is 46.0 Å². The van der Waals surface area contributed by atoms with Gasteiger partial charge in [-0.25, -0.2) is 0 Å². The van der Waals surface area contributed by atoms with Crippen LogP contribution in [0.15, 0.2) is 0 Å². The van der Waals surface area contributed by atoms with Crippen LogP contribution < -0.4 is 0 Å². The Morgan fingerprint density at radius 2 is 1.44 bits per heavy atom. The summed E-state index contributed by atoms with van der Waals surface area (Å²) in [6, 6.07) is 0. The van der Waals surface area contributed by atoms with E-state index in [4.69, 9.17) is 10.2 Å².